The van der Waals surface area contributed by atoms with E-state index in [1.165, 1.54) is 4.90 Å². The number of carbonyl (C=O) groups is 3. The maximum Gasteiger partial charge on any atom is 0.238 e. The van der Waals surface area contributed by atoms with Gasteiger partial charge in [0, 0.05) is 12.8 Å². The van der Waals surface area contributed by atoms with Crippen molar-refractivity contribution >= 4 is 17.7 Å². The maximum absolute atomic E-state index is 12.0. The number of amides is 3. The Hall–Kier alpha value is -2.21. The molecule has 1 fully saturated rings. The molecule has 0 spiro atoms. The van der Waals surface area contributed by atoms with Crippen molar-refractivity contribution in [3.63, 3.8) is 0 Å². The number of hydrogen-bond acceptors (Lipinski definition) is 4. The van der Waals surface area contributed by atoms with E-state index in [9.17, 15) is 14.4 Å². The number of nitrogens with one attached hydrogen (secondary N) is 1. The highest BCUT2D eigenvalue weighted by molar-refractivity contribution is 5.97. The molecular formula is C15H19N3O3. The number of benzene rings is 1. The van der Waals surface area contributed by atoms with Crippen molar-refractivity contribution in [1.82, 2.24) is 10.3 Å². The highest BCUT2D eigenvalue weighted by Gasteiger charge is 2.30. The molecule has 112 valence electrons. The van der Waals surface area contributed by atoms with Crippen LogP contribution < -0.4 is 11.3 Å². The number of hydrazine groups is 1. The van der Waals surface area contributed by atoms with Gasteiger partial charge < -0.3 is 0 Å². The third kappa shape index (κ3) is 3.66. The van der Waals surface area contributed by atoms with Crippen LogP contribution in [0.25, 0.3) is 0 Å². The number of nitrogens with zero attached hydrogens (tertiary/aromatic N) is 1. The van der Waals surface area contributed by atoms with Gasteiger partial charge in [-0.2, -0.15) is 0 Å². The van der Waals surface area contributed by atoms with Crippen molar-refractivity contribution in [2.45, 2.75) is 32.7 Å². The Balaban J connectivity index is 2.17. The van der Waals surface area contributed by atoms with Crippen molar-refractivity contribution < 1.29 is 14.4 Å². The minimum atomic E-state index is -0.313. The molecule has 2 rings (SSSR count). The van der Waals surface area contributed by atoms with Gasteiger partial charge in [-0.1, -0.05) is 31.2 Å². The van der Waals surface area contributed by atoms with Gasteiger partial charge in [-0.15, -0.1) is 0 Å². The van der Waals surface area contributed by atoms with Gasteiger partial charge in [0.05, 0.1) is 13.0 Å². The fourth-order valence-electron chi connectivity index (χ4n) is 2.48. The highest BCUT2D eigenvalue weighted by atomic mass is 16.2. The summed E-state index contributed by atoms with van der Waals surface area (Å²) in [7, 11) is 0. The largest absolute Gasteiger partial charge is 0.294 e. The van der Waals surface area contributed by atoms with Crippen molar-refractivity contribution in [1.29, 1.82) is 0 Å². The third-order valence-corrected chi connectivity index (χ3v) is 3.61. The normalized spacial score (nSPS) is 16.2. The molecule has 1 aliphatic heterocycles. The Morgan fingerprint density at radius 3 is 2.38 bits per heavy atom. The van der Waals surface area contributed by atoms with E-state index in [1.54, 1.807) is 6.07 Å². The third-order valence-electron chi connectivity index (χ3n) is 3.61. The van der Waals surface area contributed by atoms with E-state index in [1.807, 2.05) is 25.1 Å². The van der Waals surface area contributed by atoms with E-state index in [4.69, 9.17) is 5.84 Å². The van der Waals surface area contributed by atoms with Gasteiger partial charge >= 0.3 is 0 Å². The standard InChI is InChI=1S/C15H19N3O3/c1-10-6-14(20)18(15(21)7-10)9-12-5-3-2-4-11(12)8-13(19)17-16/h2-5,10H,6-9,16H2,1H3,(H,17,19). The van der Waals surface area contributed by atoms with E-state index < -0.39 is 0 Å². The van der Waals surface area contributed by atoms with Crippen molar-refractivity contribution in [2.75, 3.05) is 0 Å². The van der Waals surface area contributed by atoms with Gasteiger partial charge in [0.15, 0.2) is 0 Å². The Morgan fingerprint density at radius 2 is 1.81 bits per heavy atom. The lowest BCUT2D eigenvalue weighted by molar-refractivity contribution is -0.150. The monoisotopic (exact) mass is 289 g/mol. The van der Waals surface area contributed by atoms with E-state index in [2.05, 4.69) is 5.43 Å². The summed E-state index contributed by atoms with van der Waals surface area (Å²) in [4.78, 5) is 36.7. The predicted molar refractivity (Wildman–Crippen MR) is 76.4 cm³/mol. The molecule has 3 amide bonds. The first-order chi connectivity index (χ1) is 10.0. The molecule has 0 atom stereocenters. The minimum absolute atomic E-state index is 0.0968. The number of rotatable bonds is 4. The summed E-state index contributed by atoms with van der Waals surface area (Å²) in [5.74, 6) is 4.57. The molecule has 0 saturated carbocycles. The van der Waals surface area contributed by atoms with Crippen LogP contribution in [0.5, 0.6) is 0 Å². The fourth-order valence-corrected chi connectivity index (χ4v) is 2.48. The van der Waals surface area contributed by atoms with E-state index in [0.717, 1.165) is 11.1 Å². The molecule has 1 saturated heterocycles. The molecule has 6 heteroatoms. The average Bonchev–Trinajstić information content (AvgIpc) is 2.44. The summed E-state index contributed by atoms with van der Waals surface area (Å²) in [6.45, 7) is 2.10. The Morgan fingerprint density at radius 1 is 1.24 bits per heavy atom. The number of likely N-dealkylation sites (tertiary alicyclic amines) is 1. The molecule has 0 aromatic heterocycles. The minimum Gasteiger partial charge on any atom is -0.294 e. The zero-order chi connectivity index (χ0) is 15.4. The van der Waals surface area contributed by atoms with Crippen LogP contribution in [-0.2, 0) is 27.3 Å². The zero-order valence-corrected chi connectivity index (χ0v) is 12.0. The second-order valence-electron chi connectivity index (χ2n) is 5.40. The average molecular weight is 289 g/mol. The second-order valence-corrected chi connectivity index (χ2v) is 5.40. The molecule has 0 aliphatic carbocycles. The number of piperidine rings is 1. The summed E-state index contributed by atoms with van der Waals surface area (Å²) < 4.78 is 0. The van der Waals surface area contributed by atoms with Crippen molar-refractivity contribution in [3.05, 3.63) is 35.4 Å². The van der Waals surface area contributed by atoms with Crippen LogP contribution in [0.1, 0.15) is 30.9 Å². The van der Waals surface area contributed by atoms with E-state index >= 15 is 0 Å². The number of nitrogens with two attached hydrogens (primary N) is 1. The fraction of sp³-hybridized carbons (Fsp3) is 0.400. The SMILES string of the molecule is CC1CC(=O)N(Cc2ccccc2CC(=O)NN)C(=O)C1. The summed E-state index contributed by atoms with van der Waals surface area (Å²) in [6, 6.07) is 7.25. The first-order valence-corrected chi connectivity index (χ1v) is 6.90. The van der Waals surface area contributed by atoms with Gasteiger partial charge in [-0.25, -0.2) is 5.84 Å². The smallest absolute Gasteiger partial charge is 0.238 e. The summed E-state index contributed by atoms with van der Waals surface area (Å²) >= 11 is 0. The lowest BCUT2D eigenvalue weighted by Crippen LogP contribution is -2.42. The Labute approximate surface area is 123 Å². The first kappa shape index (κ1) is 15.2. The van der Waals surface area contributed by atoms with Crippen molar-refractivity contribution in [2.24, 2.45) is 11.8 Å². The molecule has 1 heterocycles. The molecule has 0 unspecified atom stereocenters. The molecule has 0 bridgehead atoms. The maximum atomic E-state index is 12.0. The molecule has 6 nitrogen and oxygen atoms in total. The summed E-state index contributed by atoms with van der Waals surface area (Å²) in [6.07, 6.45) is 0.897. The lowest BCUT2D eigenvalue weighted by atomic mass is 9.96. The van der Waals surface area contributed by atoms with Crippen LogP contribution in [0.15, 0.2) is 24.3 Å². The number of imide groups is 1. The van der Waals surface area contributed by atoms with Gasteiger partial charge in [0.1, 0.15) is 0 Å². The first-order valence-electron chi connectivity index (χ1n) is 6.90. The highest BCUT2D eigenvalue weighted by Crippen LogP contribution is 2.22. The molecule has 1 aromatic carbocycles. The molecule has 21 heavy (non-hydrogen) atoms. The lowest BCUT2D eigenvalue weighted by Gasteiger charge is -2.28. The number of hydrogen-bond donors (Lipinski definition) is 2. The summed E-state index contributed by atoms with van der Waals surface area (Å²) in [5.41, 5.74) is 3.63. The Kier molecular flexibility index (Phi) is 4.70. The van der Waals surface area contributed by atoms with Crippen molar-refractivity contribution in [3.8, 4) is 0 Å². The molecular weight excluding hydrogens is 270 g/mol. The second kappa shape index (κ2) is 6.49. The van der Waals surface area contributed by atoms with Gasteiger partial charge in [-0.3, -0.25) is 24.7 Å². The number of carbonyl (C=O) groups excluding carboxylic acids is 3. The molecule has 1 aromatic rings. The van der Waals surface area contributed by atoms with Crippen LogP contribution in [-0.4, -0.2) is 22.6 Å². The topological polar surface area (TPSA) is 92.5 Å². The molecule has 3 N–H and O–H groups in total. The Bertz CT molecular complexity index is 553. The van der Waals surface area contributed by atoms with Gasteiger partial charge in [-0.05, 0) is 17.0 Å². The van der Waals surface area contributed by atoms with Crippen LogP contribution in [0.2, 0.25) is 0 Å². The molecule has 0 radical (unpaired) electrons. The van der Waals surface area contributed by atoms with Crippen LogP contribution in [0, 0.1) is 5.92 Å². The van der Waals surface area contributed by atoms with Crippen LogP contribution in [0.3, 0.4) is 0 Å². The van der Waals surface area contributed by atoms with E-state index in [-0.39, 0.29) is 36.6 Å². The summed E-state index contributed by atoms with van der Waals surface area (Å²) in [5, 5.41) is 0. The van der Waals surface area contributed by atoms with E-state index in [0.29, 0.717) is 12.8 Å². The molecule has 1 aliphatic rings. The van der Waals surface area contributed by atoms with Gasteiger partial charge in [0.2, 0.25) is 17.7 Å². The van der Waals surface area contributed by atoms with Crippen LogP contribution in [0.4, 0.5) is 0 Å². The quantitative estimate of drug-likeness (QED) is 0.365. The van der Waals surface area contributed by atoms with Crippen LogP contribution >= 0.6 is 0 Å². The predicted octanol–water partition coefficient (Wildman–Crippen LogP) is 0.504. The zero-order valence-electron chi connectivity index (χ0n) is 12.0. The van der Waals surface area contributed by atoms with Gasteiger partial charge in [0.25, 0.3) is 0 Å².